The van der Waals surface area contributed by atoms with Crippen LogP contribution in [-0.2, 0) is 0 Å². The summed E-state index contributed by atoms with van der Waals surface area (Å²) in [7, 11) is 0. The van der Waals surface area contributed by atoms with E-state index in [1.165, 1.54) is 108 Å². The Bertz CT molecular complexity index is 653. The van der Waals surface area contributed by atoms with Gasteiger partial charge in [-0.2, -0.15) is 0 Å². The normalized spacial score (nSPS) is 25.3. The monoisotopic (exact) mass is 470 g/mol. The molecule has 2 fully saturated rings. The van der Waals surface area contributed by atoms with Crippen molar-refractivity contribution in [1.82, 2.24) is 0 Å². The molecule has 0 aromatic heterocycles. The first kappa shape index (κ1) is 27.4. The maximum atomic E-state index is 6.57. The van der Waals surface area contributed by atoms with Gasteiger partial charge in [-0.15, -0.1) is 0 Å². The standard InChI is InChI=1S/C32H54O2/c1-4-7-9-11-26-13-15-28(16-14-26)25-34-32-22-21-30(33-23-6-3)24-31(32)29-19-17-27(18-20-29)12-10-8-5-2/h21-22,24,26-29H,4-20,23,25H2,1-3H3. The molecule has 0 unspecified atom stereocenters. The van der Waals surface area contributed by atoms with E-state index in [2.05, 4.69) is 39.0 Å². The van der Waals surface area contributed by atoms with Crippen molar-refractivity contribution in [2.75, 3.05) is 13.2 Å². The van der Waals surface area contributed by atoms with Crippen molar-refractivity contribution in [3.8, 4) is 11.5 Å². The molecule has 0 amide bonds. The third-order valence-electron chi connectivity index (χ3n) is 8.61. The van der Waals surface area contributed by atoms with Gasteiger partial charge in [0.25, 0.3) is 0 Å². The summed E-state index contributed by atoms with van der Waals surface area (Å²) in [5.74, 6) is 5.46. The smallest absolute Gasteiger partial charge is 0.123 e. The van der Waals surface area contributed by atoms with Crippen molar-refractivity contribution in [2.24, 2.45) is 17.8 Å². The van der Waals surface area contributed by atoms with Gasteiger partial charge in [-0.1, -0.05) is 85.0 Å². The van der Waals surface area contributed by atoms with Gasteiger partial charge in [0.15, 0.2) is 0 Å². The van der Waals surface area contributed by atoms with Gasteiger partial charge in [0, 0.05) is 5.56 Å². The molecule has 2 heteroatoms. The Morgan fingerprint density at radius 3 is 1.82 bits per heavy atom. The first-order valence-electron chi connectivity index (χ1n) is 15.1. The van der Waals surface area contributed by atoms with E-state index < -0.39 is 0 Å². The molecule has 0 saturated heterocycles. The highest BCUT2D eigenvalue weighted by Crippen LogP contribution is 2.43. The summed E-state index contributed by atoms with van der Waals surface area (Å²) in [4.78, 5) is 0. The maximum Gasteiger partial charge on any atom is 0.123 e. The van der Waals surface area contributed by atoms with Crippen LogP contribution in [0.5, 0.6) is 11.5 Å². The largest absolute Gasteiger partial charge is 0.494 e. The molecule has 0 N–H and O–H groups in total. The Balaban J connectivity index is 1.54. The minimum Gasteiger partial charge on any atom is -0.494 e. The molecule has 0 atom stereocenters. The average Bonchev–Trinajstić information content (AvgIpc) is 2.88. The lowest BCUT2D eigenvalue weighted by Crippen LogP contribution is -2.21. The van der Waals surface area contributed by atoms with Gasteiger partial charge >= 0.3 is 0 Å². The second kappa shape index (κ2) is 15.7. The molecule has 0 radical (unpaired) electrons. The van der Waals surface area contributed by atoms with Crippen LogP contribution in [0.4, 0.5) is 0 Å². The van der Waals surface area contributed by atoms with Crippen molar-refractivity contribution in [3.05, 3.63) is 23.8 Å². The molecule has 2 aliphatic carbocycles. The zero-order chi connectivity index (χ0) is 24.0. The van der Waals surface area contributed by atoms with Crippen molar-refractivity contribution in [3.63, 3.8) is 0 Å². The molecular weight excluding hydrogens is 416 g/mol. The molecule has 2 aliphatic rings. The lowest BCUT2D eigenvalue weighted by Gasteiger charge is -2.31. The summed E-state index contributed by atoms with van der Waals surface area (Å²) in [5, 5.41) is 0. The second-order valence-corrected chi connectivity index (χ2v) is 11.5. The van der Waals surface area contributed by atoms with Crippen LogP contribution in [0.25, 0.3) is 0 Å². The van der Waals surface area contributed by atoms with Gasteiger partial charge in [-0.25, -0.2) is 0 Å². The van der Waals surface area contributed by atoms with E-state index in [1.807, 2.05) is 0 Å². The summed E-state index contributed by atoms with van der Waals surface area (Å²) in [6.45, 7) is 8.49. The second-order valence-electron chi connectivity index (χ2n) is 11.5. The quantitative estimate of drug-likeness (QED) is 0.237. The van der Waals surface area contributed by atoms with Crippen molar-refractivity contribution in [1.29, 1.82) is 0 Å². The Labute approximate surface area is 211 Å². The molecule has 1 aromatic carbocycles. The third kappa shape index (κ3) is 9.12. The Hall–Kier alpha value is -1.18. The summed E-state index contributed by atoms with van der Waals surface area (Å²) < 4.78 is 12.6. The van der Waals surface area contributed by atoms with Gasteiger partial charge in [-0.05, 0) is 86.8 Å². The van der Waals surface area contributed by atoms with Crippen LogP contribution in [0.3, 0.4) is 0 Å². The van der Waals surface area contributed by atoms with E-state index >= 15 is 0 Å². The number of rotatable bonds is 15. The van der Waals surface area contributed by atoms with Crippen LogP contribution < -0.4 is 9.47 Å². The van der Waals surface area contributed by atoms with E-state index in [-0.39, 0.29) is 0 Å². The Morgan fingerprint density at radius 1 is 0.647 bits per heavy atom. The molecule has 1 aromatic rings. The van der Waals surface area contributed by atoms with Crippen LogP contribution >= 0.6 is 0 Å². The molecule has 0 heterocycles. The third-order valence-corrected chi connectivity index (χ3v) is 8.61. The summed E-state index contributed by atoms with van der Waals surface area (Å²) in [5.41, 5.74) is 1.42. The van der Waals surface area contributed by atoms with Crippen LogP contribution in [0, 0.1) is 17.8 Å². The fourth-order valence-electron chi connectivity index (χ4n) is 6.31. The summed E-state index contributed by atoms with van der Waals surface area (Å²) in [6.07, 6.45) is 23.2. The number of hydrogen-bond donors (Lipinski definition) is 0. The van der Waals surface area contributed by atoms with Gasteiger partial charge in [0.2, 0.25) is 0 Å². The number of ether oxygens (including phenoxy) is 2. The summed E-state index contributed by atoms with van der Waals surface area (Å²) >= 11 is 0. The van der Waals surface area contributed by atoms with Gasteiger partial charge < -0.3 is 9.47 Å². The molecule has 194 valence electrons. The molecule has 0 spiro atoms. The molecular formula is C32H54O2. The first-order valence-corrected chi connectivity index (χ1v) is 15.1. The van der Waals surface area contributed by atoms with Crippen LogP contribution in [0.15, 0.2) is 18.2 Å². The number of benzene rings is 1. The van der Waals surface area contributed by atoms with Crippen molar-refractivity contribution in [2.45, 2.75) is 136 Å². The molecule has 2 saturated carbocycles. The van der Waals surface area contributed by atoms with E-state index in [9.17, 15) is 0 Å². The van der Waals surface area contributed by atoms with Crippen molar-refractivity contribution < 1.29 is 9.47 Å². The minimum atomic E-state index is 0.636. The van der Waals surface area contributed by atoms with Crippen LogP contribution in [0.2, 0.25) is 0 Å². The van der Waals surface area contributed by atoms with Gasteiger partial charge in [-0.3, -0.25) is 0 Å². The van der Waals surface area contributed by atoms with E-state index in [0.717, 1.165) is 48.9 Å². The topological polar surface area (TPSA) is 18.5 Å². The lowest BCUT2D eigenvalue weighted by atomic mass is 9.76. The number of unbranched alkanes of at least 4 members (excludes halogenated alkanes) is 4. The highest BCUT2D eigenvalue weighted by Gasteiger charge is 2.26. The highest BCUT2D eigenvalue weighted by atomic mass is 16.5. The van der Waals surface area contributed by atoms with Crippen LogP contribution in [0.1, 0.15) is 141 Å². The summed E-state index contributed by atoms with van der Waals surface area (Å²) in [6, 6.07) is 6.66. The Kier molecular flexibility index (Phi) is 12.7. The van der Waals surface area contributed by atoms with E-state index in [0.29, 0.717) is 5.92 Å². The minimum absolute atomic E-state index is 0.636. The molecule has 2 nitrogen and oxygen atoms in total. The van der Waals surface area contributed by atoms with Crippen LogP contribution in [-0.4, -0.2) is 13.2 Å². The highest BCUT2D eigenvalue weighted by molar-refractivity contribution is 5.43. The zero-order valence-corrected chi connectivity index (χ0v) is 22.8. The molecule has 0 bridgehead atoms. The predicted octanol–water partition coefficient (Wildman–Crippen LogP) is 10.1. The molecule has 34 heavy (non-hydrogen) atoms. The fraction of sp³-hybridized carbons (Fsp3) is 0.812. The maximum absolute atomic E-state index is 6.57. The SMILES string of the molecule is CCCCCC1CCC(COc2ccc(OCCC)cc2C2CCC(CCCCC)CC2)CC1. The zero-order valence-electron chi connectivity index (χ0n) is 22.8. The van der Waals surface area contributed by atoms with E-state index in [4.69, 9.17) is 9.47 Å². The van der Waals surface area contributed by atoms with Gasteiger partial charge in [0.1, 0.15) is 11.5 Å². The van der Waals surface area contributed by atoms with Gasteiger partial charge in [0.05, 0.1) is 13.2 Å². The fourth-order valence-corrected chi connectivity index (χ4v) is 6.31. The Morgan fingerprint density at radius 2 is 1.24 bits per heavy atom. The number of hydrogen-bond acceptors (Lipinski definition) is 2. The lowest BCUT2D eigenvalue weighted by molar-refractivity contribution is 0.175. The predicted molar refractivity (Wildman–Crippen MR) is 146 cm³/mol. The van der Waals surface area contributed by atoms with Crippen molar-refractivity contribution >= 4 is 0 Å². The molecule has 3 rings (SSSR count). The first-order chi connectivity index (χ1) is 16.7. The molecule has 0 aliphatic heterocycles. The average molecular weight is 471 g/mol. The van der Waals surface area contributed by atoms with E-state index in [1.54, 1.807) is 0 Å².